The Bertz CT molecular complexity index is 901. The van der Waals surface area contributed by atoms with Crippen molar-refractivity contribution in [1.29, 1.82) is 0 Å². The first-order chi connectivity index (χ1) is 12.4. The first-order valence-corrected chi connectivity index (χ1v) is 8.47. The van der Waals surface area contributed by atoms with Gasteiger partial charge in [-0.1, -0.05) is 31.2 Å². The second-order valence-corrected chi connectivity index (χ2v) is 6.36. The maximum Gasteiger partial charge on any atom is 0.229 e. The summed E-state index contributed by atoms with van der Waals surface area (Å²) in [5, 5.41) is 7.21. The number of halogens is 1. The number of hydrogen-bond acceptors (Lipinski definition) is 3. The molecule has 1 aromatic heterocycles. The number of anilines is 1. The normalized spacial score (nSPS) is 12.0. The lowest BCUT2D eigenvalue weighted by molar-refractivity contribution is -0.119. The molecule has 6 heteroatoms. The Kier molecular flexibility index (Phi) is 5.11. The Morgan fingerprint density at radius 2 is 1.65 bits per heavy atom. The standard InChI is InChI=1S/C20H21FN4O/c1-13(12-25-15(3)22-14(2)24-25)20(26)23-19-10-6-17(7-11-19)16-4-8-18(21)9-5-16/h4-11,13H,12H2,1-3H3,(H,23,26)/t13-/m0/s1. The van der Waals surface area contributed by atoms with Crippen molar-refractivity contribution >= 4 is 11.6 Å². The van der Waals surface area contributed by atoms with Gasteiger partial charge < -0.3 is 5.32 Å². The average molecular weight is 352 g/mol. The van der Waals surface area contributed by atoms with E-state index in [-0.39, 0.29) is 17.6 Å². The fourth-order valence-corrected chi connectivity index (χ4v) is 2.73. The minimum absolute atomic E-state index is 0.0768. The molecule has 0 spiro atoms. The van der Waals surface area contributed by atoms with E-state index in [2.05, 4.69) is 15.4 Å². The number of benzene rings is 2. The van der Waals surface area contributed by atoms with Crippen LogP contribution in [0.3, 0.4) is 0 Å². The average Bonchev–Trinajstić information content (AvgIpc) is 2.93. The van der Waals surface area contributed by atoms with E-state index in [1.807, 2.05) is 45.0 Å². The van der Waals surface area contributed by atoms with Gasteiger partial charge in [-0.25, -0.2) is 14.1 Å². The van der Waals surface area contributed by atoms with Crippen molar-refractivity contribution in [3.05, 3.63) is 66.0 Å². The predicted molar refractivity (Wildman–Crippen MR) is 99.1 cm³/mol. The summed E-state index contributed by atoms with van der Waals surface area (Å²) in [6, 6.07) is 13.8. The van der Waals surface area contributed by atoms with Gasteiger partial charge >= 0.3 is 0 Å². The number of amides is 1. The lowest BCUT2D eigenvalue weighted by Crippen LogP contribution is -2.25. The molecule has 0 aliphatic carbocycles. The minimum atomic E-state index is -0.260. The summed E-state index contributed by atoms with van der Waals surface area (Å²) in [6.07, 6.45) is 0. The quantitative estimate of drug-likeness (QED) is 0.756. The van der Waals surface area contributed by atoms with Crippen LogP contribution >= 0.6 is 0 Å². The minimum Gasteiger partial charge on any atom is -0.326 e. The van der Waals surface area contributed by atoms with Crippen LogP contribution in [0.5, 0.6) is 0 Å². The molecule has 1 N–H and O–H groups in total. The first-order valence-electron chi connectivity index (χ1n) is 8.47. The molecule has 0 aliphatic rings. The Balaban J connectivity index is 1.63. The first kappa shape index (κ1) is 17.8. The van der Waals surface area contributed by atoms with Crippen molar-refractivity contribution in [2.45, 2.75) is 27.3 Å². The molecular weight excluding hydrogens is 331 g/mol. The van der Waals surface area contributed by atoms with E-state index in [1.54, 1.807) is 16.8 Å². The molecule has 3 aromatic rings. The summed E-state index contributed by atoms with van der Waals surface area (Å²) in [7, 11) is 0. The molecule has 1 amide bonds. The summed E-state index contributed by atoms with van der Waals surface area (Å²) in [5.74, 6) is 0.917. The largest absolute Gasteiger partial charge is 0.326 e. The van der Waals surface area contributed by atoms with Crippen LogP contribution in [0.4, 0.5) is 10.1 Å². The van der Waals surface area contributed by atoms with Gasteiger partial charge in [0.15, 0.2) is 0 Å². The van der Waals surface area contributed by atoms with Crippen molar-refractivity contribution in [2.24, 2.45) is 5.92 Å². The zero-order valence-electron chi connectivity index (χ0n) is 15.0. The molecule has 5 nitrogen and oxygen atoms in total. The van der Waals surface area contributed by atoms with E-state index in [0.717, 1.165) is 22.6 Å². The van der Waals surface area contributed by atoms with E-state index in [1.165, 1.54) is 12.1 Å². The molecule has 0 saturated carbocycles. The van der Waals surface area contributed by atoms with Crippen LogP contribution in [0.1, 0.15) is 18.6 Å². The van der Waals surface area contributed by atoms with Gasteiger partial charge in [-0.15, -0.1) is 0 Å². The zero-order valence-corrected chi connectivity index (χ0v) is 15.0. The number of nitrogens with zero attached hydrogens (tertiary/aromatic N) is 3. The number of carbonyl (C=O) groups excluding carboxylic acids is 1. The van der Waals surface area contributed by atoms with Gasteiger partial charge in [0.05, 0.1) is 12.5 Å². The molecule has 0 unspecified atom stereocenters. The highest BCUT2D eigenvalue weighted by atomic mass is 19.1. The SMILES string of the molecule is Cc1nc(C)n(C[C@H](C)C(=O)Nc2ccc(-c3ccc(F)cc3)cc2)n1. The van der Waals surface area contributed by atoms with Crippen molar-refractivity contribution < 1.29 is 9.18 Å². The van der Waals surface area contributed by atoms with Crippen molar-refractivity contribution in [2.75, 3.05) is 5.32 Å². The smallest absolute Gasteiger partial charge is 0.229 e. The molecule has 0 bridgehead atoms. The maximum atomic E-state index is 13.0. The number of carbonyl (C=O) groups is 1. The van der Waals surface area contributed by atoms with Crippen LogP contribution in [0.15, 0.2) is 48.5 Å². The van der Waals surface area contributed by atoms with E-state index >= 15 is 0 Å². The number of aryl methyl sites for hydroxylation is 2. The topological polar surface area (TPSA) is 59.8 Å². The van der Waals surface area contributed by atoms with Gasteiger partial charge in [-0.2, -0.15) is 5.10 Å². The summed E-state index contributed by atoms with van der Waals surface area (Å²) in [4.78, 5) is 16.7. The lowest BCUT2D eigenvalue weighted by Gasteiger charge is -2.13. The van der Waals surface area contributed by atoms with Crippen LogP contribution in [0.2, 0.25) is 0 Å². The zero-order chi connectivity index (χ0) is 18.7. The Labute approximate surface area is 151 Å². The van der Waals surface area contributed by atoms with Gasteiger partial charge in [-0.3, -0.25) is 4.79 Å². The van der Waals surface area contributed by atoms with Gasteiger partial charge in [0.25, 0.3) is 0 Å². The highest BCUT2D eigenvalue weighted by molar-refractivity contribution is 5.92. The summed E-state index contributed by atoms with van der Waals surface area (Å²) in [5.41, 5.74) is 2.61. The van der Waals surface area contributed by atoms with E-state index < -0.39 is 0 Å². The summed E-state index contributed by atoms with van der Waals surface area (Å²) in [6.45, 7) is 6.04. The molecule has 3 rings (SSSR count). The van der Waals surface area contributed by atoms with E-state index in [0.29, 0.717) is 12.4 Å². The van der Waals surface area contributed by atoms with Crippen LogP contribution in [0.25, 0.3) is 11.1 Å². The molecule has 0 fully saturated rings. The third kappa shape index (κ3) is 4.14. The van der Waals surface area contributed by atoms with Crippen LogP contribution in [0, 0.1) is 25.6 Å². The molecule has 134 valence electrons. The molecule has 1 heterocycles. The molecule has 26 heavy (non-hydrogen) atoms. The Hall–Kier alpha value is -3.02. The number of rotatable bonds is 5. The fraction of sp³-hybridized carbons (Fsp3) is 0.250. The number of hydrogen-bond donors (Lipinski definition) is 1. The third-order valence-corrected chi connectivity index (χ3v) is 4.19. The van der Waals surface area contributed by atoms with Crippen molar-refractivity contribution in [3.63, 3.8) is 0 Å². The van der Waals surface area contributed by atoms with Crippen LogP contribution in [-0.2, 0) is 11.3 Å². The van der Waals surface area contributed by atoms with Gasteiger partial charge in [-0.05, 0) is 49.2 Å². The summed E-state index contributed by atoms with van der Waals surface area (Å²) < 4.78 is 14.8. The fourth-order valence-electron chi connectivity index (χ4n) is 2.73. The highest BCUT2D eigenvalue weighted by Crippen LogP contribution is 2.22. The van der Waals surface area contributed by atoms with Gasteiger partial charge in [0, 0.05) is 5.69 Å². The molecular formula is C20H21FN4O. The second-order valence-electron chi connectivity index (χ2n) is 6.36. The Morgan fingerprint density at radius 1 is 1.08 bits per heavy atom. The monoisotopic (exact) mass is 352 g/mol. The molecule has 0 radical (unpaired) electrons. The van der Waals surface area contributed by atoms with E-state index in [4.69, 9.17) is 0 Å². The maximum absolute atomic E-state index is 13.0. The highest BCUT2D eigenvalue weighted by Gasteiger charge is 2.16. The lowest BCUT2D eigenvalue weighted by atomic mass is 10.1. The third-order valence-electron chi connectivity index (χ3n) is 4.19. The van der Waals surface area contributed by atoms with E-state index in [9.17, 15) is 9.18 Å². The second kappa shape index (κ2) is 7.47. The van der Waals surface area contributed by atoms with Crippen LogP contribution in [-0.4, -0.2) is 20.7 Å². The Morgan fingerprint density at radius 3 is 2.19 bits per heavy atom. The summed E-state index contributed by atoms with van der Waals surface area (Å²) >= 11 is 0. The molecule has 2 aromatic carbocycles. The van der Waals surface area contributed by atoms with Crippen molar-refractivity contribution in [3.8, 4) is 11.1 Å². The molecule has 1 atom stereocenters. The van der Waals surface area contributed by atoms with Gasteiger partial charge in [0.1, 0.15) is 17.5 Å². The van der Waals surface area contributed by atoms with Gasteiger partial charge in [0.2, 0.25) is 5.91 Å². The van der Waals surface area contributed by atoms with Crippen molar-refractivity contribution in [1.82, 2.24) is 14.8 Å². The number of nitrogens with one attached hydrogen (secondary N) is 1. The molecule has 0 aliphatic heterocycles. The molecule has 0 saturated heterocycles. The predicted octanol–water partition coefficient (Wildman–Crippen LogP) is 3.98. The number of aromatic nitrogens is 3. The van der Waals surface area contributed by atoms with Crippen LogP contribution < -0.4 is 5.32 Å².